The van der Waals surface area contributed by atoms with Crippen molar-refractivity contribution >= 4 is 5.82 Å². The molecule has 1 aliphatic carbocycles. The van der Waals surface area contributed by atoms with E-state index in [1.165, 1.54) is 18.2 Å². The number of aromatic amines is 1. The van der Waals surface area contributed by atoms with Crippen molar-refractivity contribution in [2.45, 2.75) is 51.4 Å². The number of terminal acetylenes is 1. The Balaban J connectivity index is 1.60. The normalized spacial score (nSPS) is 15.2. The van der Waals surface area contributed by atoms with Gasteiger partial charge in [-0.3, -0.25) is 9.78 Å². The molecule has 1 atom stereocenters. The molecule has 3 aromatic rings. The summed E-state index contributed by atoms with van der Waals surface area (Å²) in [4.78, 5) is 4.26. The molecule has 194 valence electrons. The lowest BCUT2D eigenvalue weighted by Gasteiger charge is -2.16. The number of alkyl halides is 3. The Morgan fingerprint density at radius 2 is 2.14 bits per heavy atom. The molecule has 1 saturated carbocycles. The van der Waals surface area contributed by atoms with Gasteiger partial charge in [-0.05, 0) is 56.0 Å². The molecule has 0 spiro atoms. The standard InChI is InChI=1S/C26H26F4N6O/c1-3-4-5-20(27)9-6-16(2)37-22-11-19(13-32-25(22)31)24-18(14-33-36(24)15-17-7-8-17)10-21-12-23(35-34-21)26(28,29)30/h1,4-5,9,11-14,16-17H,6-8,10,15H2,2H3,(H2,31,32)(H,34,35)/b5-4-,20-9+. The zero-order valence-electron chi connectivity index (χ0n) is 20.1. The van der Waals surface area contributed by atoms with Gasteiger partial charge in [-0.1, -0.05) is 5.92 Å². The summed E-state index contributed by atoms with van der Waals surface area (Å²) < 4.78 is 60.6. The van der Waals surface area contributed by atoms with E-state index in [0.29, 0.717) is 40.7 Å². The second-order valence-corrected chi connectivity index (χ2v) is 8.96. The third-order valence-electron chi connectivity index (χ3n) is 5.81. The van der Waals surface area contributed by atoms with Gasteiger partial charge in [-0.25, -0.2) is 9.37 Å². The lowest BCUT2D eigenvalue weighted by molar-refractivity contribution is -0.141. The van der Waals surface area contributed by atoms with Gasteiger partial charge in [0.15, 0.2) is 17.3 Å². The maximum Gasteiger partial charge on any atom is 0.435 e. The lowest BCUT2D eigenvalue weighted by atomic mass is 10.0. The summed E-state index contributed by atoms with van der Waals surface area (Å²) in [5.74, 6) is 2.71. The molecule has 1 unspecified atom stereocenters. The number of nitrogens with zero attached hydrogens (tertiary/aromatic N) is 4. The molecule has 0 bridgehead atoms. The predicted octanol–water partition coefficient (Wildman–Crippen LogP) is 5.47. The van der Waals surface area contributed by atoms with Crippen LogP contribution < -0.4 is 10.5 Å². The van der Waals surface area contributed by atoms with E-state index in [4.69, 9.17) is 16.9 Å². The van der Waals surface area contributed by atoms with E-state index in [2.05, 4.69) is 26.2 Å². The number of nitrogen functional groups attached to an aromatic ring is 1. The molecule has 0 radical (unpaired) electrons. The number of nitrogens with one attached hydrogen (secondary N) is 1. The highest BCUT2D eigenvalue weighted by Gasteiger charge is 2.34. The molecular weight excluding hydrogens is 488 g/mol. The molecule has 37 heavy (non-hydrogen) atoms. The van der Waals surface area contributed by atoms with Crippen LogP contribution in [0, 0.1) is 18.3 Å². The Kier molecular flexibility index (Phi) is 7.66. The third kappa shape index (κ3) is 6.78. The van der Waals surface area contributed by atoms with Crippen LogP contribution in [0.3, 0.4) is 0 Å². The van der Waals surface area contributed by atoms with Gasteiger partial charge in [0.2, 0.25) is 0 Å². The van der Waals surface area contributed by atoms with Gasteiger partial charge in [-0.15, -0.1) is 6.42 Å². The summed E-state index contributed by atoms with van der Waals surface area (Å²) in [6, 6.07) is 2.71. The zero-order chi connectivity index (χ0) is 26.6. The molecular formula is C26H26F4N6O. The van der Waals surface area contributed by atoms with Gasteiger partial charge < -0.3 is 10.5 Å². The lowest BCUT2D eigenvalue weighted by Crippen LogP contribution is -2.13. The van der Waals surface area contributed by atoms with E-state index in [1.807, 2.05) is 4.68 Å². The van der Waals surface area contributed by atoms with Crippen molar-refractivity contribution < 1.29 is 22.3 Å². The van der Waals surface area contributed by atoms with E-state index in [-0.39, 0.29) is 18.7 Å². The number of halogens is 4. The first kappa shape index (κ1) is 26.0. The second kappa shape index (κ2) is 10.9. The average Bonchev–Trinajstić information content (AvgIpc) is 3.38. The summed E-state index contributed by atoms with van der Waals surface area (Å²) >= 11 is 0. The fourth-order valence-electron chi connectivity index (χ4n) is 3.79. The summed E-state index contributed by atoms with van der Waals surface area (Å²) in [7, 11) is 0. The maximum atomic E-state index is 13.8. The monoisotopic (exact) mass is 514 g/mol. The SMILES string of the molecule is C#C/C=C\C(F)=C/CC(C)Oc1cc(-c2c(Cc3cc(C(F)(F)F)n[nH]3)cnn2CC2CC2)cnc1N. The number of H-pyrrole nitrogens is 1. The molecule has 1 aliphatic rings. The number of ether oxygens (including phenoxy) is 1. The van der Waals surface area contributed by atoms with Crippen LogP contribution in [0.25, 0.3) is 11.3 Å². The third-order valence-corrected chi connectivity index (χ3v) is 5.81. The Bertz CT molecular complexity index is 1340. The number of pyridine rings is 1. The van der Waals surface area contributed by atoms with E-state index < -0.39 is 23.8 Å². The van der Waals surface area contributed by atoms with Gasteiger partial charge in [0.1, 0.15) is 5.83 Å². The van der Waals surface area contributed by atoms with Crippen molar-refractivity contribution in [3.05, 3.63) is 65.5 Å². The quantitative estimate of drug-likeness (QED) is 0.213. The number of anilines is 1. The molecule has 0 amide bonds. The fraction of sp³-hybridized carbons (Fsp3) is 0.346. The van der Waals surface area contributed by atoms with Crippen molar-refractivity contribution in [3.63, 3.8) is 0 Å². The minimum atomic E-state index is -4.53. The predicted molar refractivity (Wildman–Crippen MR) is 131 cm³/mol. The van der Waals surface area contributed by atoms with E-state index in [1.54, 1.807) is 25.4 Å². The van der Waals surface area contributed by atoms with Crippen molar-refractivity contribution in [1.82, 2.24) is 25.0 Å². The van der Waals surface area contributed by atoms with Gasteiger partial charge >= 0.3 is 6.18 Å². The first-order valence-corrected chi connectivity index (χ1v) is 11.7. The van der Waals surface area contributed by atoms with Crippen LogP contribution in [-0.4, -0.2) is 31.1 Å². The summed E-state index contributed by atoms with van der Waals surface area (Å²) in [5.41, 5.74) is 7.44. The van der Waals surface area contributed by atoms with E-state index >= 15 is 0 Å². The summed E-state index contributed by atoms with van der Waals surface area (Å²) in [6.07, 6.45) is 9.76. The van der Waals surface area contributed by atoms with Gasteiger partial charge in [0.25, 0.3) is 0 Å². The van der Waals surface area contributed by atoms with Crippen LogP contribution >= 0.6 is 0 Å². The van der Waals surface area contributed by atoms with Crippen molar-refractivity contribution in [2.75, 3.05) is 5.73 Å². The molecule has 1 fully saturated rings. The molecule has 3 aromatic heterocycles. The molecule has 3 N–H and O–H groups in total. The Hall–Kier alpha value is -4.07. The van der Waals surface area contributed by atoms with E-state index in [9.17, 15) is 17.6 Å². The average molecular weight is 515 g/mol. The maximum absolute atomic E-state index is 13.8. The van der Waals surface area contributed by atoms with Crippen LogP contribution in [0.4, 0.5) is 23.4 Å². The fourth-order valence-corrected chi connectivity index (χ4v) is 3.79. The molecule has 0 aliphatic heterocycles. The highest BCUT2D eigenvalue weighted by Crippen LogP contribution is 2.36. The molecule has 0 saturated heterocycles. The van der Waals surface area contributed by atoms with Crippen LogP contribution in [0.1, 0.15) is 43.1 Å². The van der Waals surface area contributed by atoms with Gasteiger partial charge in [0, 0.05) is 42.4 Å². The van der Waals surface area contributed by atoms with Crippen LogP contribution in [0.5, 0.6) is 5.75 Å². The number of hydrogen-bond donors (Lipinski definition) is 2. The molecule has 11 heteroatoms. The molecule has 3 heterocycles. The highest BCUT2D eigenvalue weighted by molar-refractivity contribution is 5.67. The smallest absolute Gasteiger partial charge is 0.435 e. The molecule has 4 rings (SSSR count). The first-order chi connectivity index (χ1) is 17.6. The number of allylic oxidation sites excluding steroid dienone is 3. The Morgan fingerprint density at radius 1 is 1.35 bits per heavy atom. The highest BCUT2D eigenvalue weighted by atomic mass is 19.4. The first-order valence-electron chi connectivity index (χ1n) is 11.7. The second-order valence-electron chi connectivity index (χ2n) is 8.96. The summed E-state index contributed by atoms with van der Waals surface area (Å²) in [5, 5.41) is 10.4. The largest absolute Gasteiger partial charge is 0.487 e. The summed E-state index contributed by atoms with van der Waals surface area (Å²) in [6.45, 7) is 2.44. The van der Waals surface area contributed by atoms with Gasteiger partial charge in [-0.2, -0.15) is 23.4 Å². The Morgan fingerprint density at radius 3 is 2.81 bits per heavy atom. The van der Waals surface area contributed by atoms with E-state index in [0.717, 1.165) is 18.9 Å². The number of hydrogen-bond acceptors (Lipinski definition) is 5. The number of nitrogens with two attached hydrogens (primary N) is 1. The van der Waals surface area contributed by atoms with Crippen LogP contribution in [0.15, 0.2) is 48.6 Å². The Labute approximate surface area is 211 Å². The topological polar surface area (TPSA) is 94.6 Å². The molecule has 0 aromatic carbocycles. The van der Waals surface area contributed by atoms with Crippen molar-refractivity contribution in [2.24, 2.45) is 5.92 Å². The van der Waals surface area contributed by atoms with Gasteiger partial charge in [0.05, 0.1) is 18.0 Å². The zero-order valence-corrected chi connectivity index (χ0v) is 20.1. The van der Waals surface area contributed by atoms with Crippen LogP contribution in [-0.2, 0) is 19.1 Å². The van der Waals surface area contributed by atoms with Crippen molar-refractivity contribution in [1.29, 1.82) is 0 Å². The molecule has 7 nitrogen and oxygen atoms in total. The number of aromatic nitrogens is 5. The number of rotatable bonds is 10. The minimum Gasteiger partial charge on any atom is -0.487 e. The van der Waals surface area contributed by atoms with Crippen LogP contribution in [0.2, 0.25) is 0 Å². The van der Waals surface area contributed by atoms with Crippen molar-refractivity contribution in [3.8, 4) is 29.4 Å². The minimum absolute atomic E-state index is 0.158.